The molecule has 0 bridgehead atoms. The summed E-state index contributed by atoms with van der Waals surface area (Å²) in [6.07, 6.45) is 0.0222. The van der Waals surface area contributed by atoms with Crippen LogP contribution in [0.5, 0.6) is 5.75 Å². The summed E-state index contributed by atoms with van der Waals surface area (Å²) in [6.45, 7) is 10.6. The van der Waals surface area contributed by atoms with Crippen molar-refractivity contribution >= 4 is 11.8 Å². The predicted octanol–water partition coefficient (Wildman–Crippen LogP) is 2.76. The second kappa shape index (κ2) is 9.79. The number of carbonyl (C=O) groups is 2. The van der Waals surface area contributed by atoms with Gasteiger partial charge in [0.15, 0.2) is 5.78 Å². The molecule has 0 amide bonds. The first-order chi connectivity index (χ1) is 11.0. The Morgan fingerprint density at radius 3 is 2.39 bits per heavy atom. The summed E-state index contributed by atoms with van der Waals surface area (Å²) in [5, 5.41) is 3.03. The lowest BCUT2D eigenvalue weighted by atomic mass is 10.0. The van der Waals surface area contributed by atoms with Crippen molar-refractivity contribution in [1.82, 2.24) is 5.32 Å². The molecule has 0 radical (unpaired) electrons. The number of ketones is 1. The molecule has 0 aliphatic heterocycles. The Bertz CT molecular complexity index is 536. The minimum absolute atomic E-state index is 0.0222. The fourth-order valence-corrected chi connectivity index (χ4v) is 2.01. The van der Waals surface area contributed by atoms with E-state index in [-0.39, 0.29) is 18.2 Å². The molecule has 1 atom stereocenters. The molecule has 0 fully saturated rings. The number of hydrogen-bond acceptors (Lipinski definition) is 5. The number of hydrogen-bond donors (Lipinski definition) is 1. The molecule has 1 N–H and O–H groups in total. The highest BCUT2D eigenvalue weighted by Crippen LogP contribution is 2.15. The van der Waals surface area contributed by atoms with Crippen molar-refractivity contribution in [3.05, 3.63) is 42.0 Å². The van der Waals surface area contributed by atoms with Crippen LogP contribution in [0.3, 0.4) is 0 Å². The van der Waals surface area contributed by atoms with E-state index in [0.717, 1.165) is 5.57 Å². The lowest BCUT2D eigenvalue weighted by Gasteiger charge is -2.16. The number of esters is 1. The van der Waals surface area contributed by atoms with Crippen molar-refractivity contribution in [2.45, 2.75) is 33.2 Å². The molecule has 1 aromatic rings. The van der Waals surface area contributed by atoms with Gasteiger partial charge in [-0.05, 0) is 50.2 Å². The van der Waals surface area contributed by atoms with Crippen LogP contribution in [0.15, 0.2) is 36.4 Å². The van der Waals surface area contributed by atoms with Crippen LogP contribution >= 0.6 is 0 Å². The third-order valence-corrected chi connectivity index (χ3v) is 3.07. The standard InChI is InChI=1S/C18H25NO4/c1-5-19-16(11-17(20)22-6-2)18(21)14-7-9-15(10-8-14)23-12-13(3)4/h7-10,16,19H,3,5-6,11-12H2,1-2,4H3. The predicted molar refractivity (Wildman–Crippen MR) is 89.8 cm³/mol. The quantitative estimate of drug-likeness (QED) is 0.408. The largest absolute Gasteiger partial charge is 0.489 e. The molecule has 1 rings (SSSR count). The Morgan fingerprint density at radius 1 is 1.22 bits per heavy atom. The SMILES string of the molecule is C=C(C)COc1ccc(C(=O)C(CC(=O)OCC)NCC)cc1. The number of nitrogens with one attached hydrogen (secondary N) is 1. The maximum Gasteiger partial charge on any atom is 0.307 e. The van der Waals surface area contributed by atoms with E-state index in [9.17, 15) is 9.59 Å². The van der Waals surface area contributed by atoms with E-state index in [1.807, 2.05) is 13.8 Å². The average Bonchev–Trinajstić information content (AvgIpc) is 2.52. The van der Waals surface area contributed by atoms with E-state index in [1.54, 1.807) is 31.2 Å². The van der Waals surface area contributed by atoms with Crippen LogP contribution in [-0.2, 0) is 9.53 Å². The van der Waals surface area contributed by atoms with Gasteiger partial charge in [0.1, 0.15) is 12.4 Å². The van der Waals surface area contributed by atoms with E-state index < -0.39 is 6.04 Å². The molecule has 1 aromatic carbocycles. The van der Waals surface area contributed by atoms with Crippen molar-refractivity contribution < 1.29 is 19.1 Å². The number of benzene rings is 1. The van der Waals surface area contributed by atoms with Gasteiger partial charge in [-0.15, -0.1) is 0 Å². The Hall–Kier alpha value is -2.14. The molecule has 0 heterocycles. The zero-order chi connectivity index (χ0) is 17.2. The van der Waals surface area contributed by atoms with Gasteiger partial charge in [0, 0.05) is 5.56 Å². The van der Waals surface area contributed by atoms with E-state index in [4.69, 9.17) is 9.47 Å². The van der Waals surface area contributed by atoms with Gasteiger partial charge in [0.05, 0.1) is 19.1 Å². The summed E-state index contributed by atoms with van der Waals surface area (Å²) in [5.74, 6) is 0.162. The second-order valence-electron chi connectivity index (χ2n) is 5.25. The van der Waals surface area contributed by atoms with E-state index in [1.165, 1.54) is 0 Å². The van der Waals surface area contributed by atoms with Gasteiger partial charge in [-0.1, -0.05) is 13.5 Å². The molecular weight excluding hydrogens is 294 g/mol. The number of rotatable bonds is 10. The number of ether oxygens (including phenoxy) is 2. The molecule has 1 unspecified atom stereocenters. The third-order valence-electron chi connectivity index (χ3n) is 3.07. The first-order valence-corrected chi connectivity index (χ1v) is 7.78. The van der Waals surface area contributed by atoms with Crippen LogP contribution in [0.4, 0.5) is 0 Å². The lowest BCUT2D eigenvalue weighted by molar-refractivity contribution is -0.143. The summed E-state index contributed by atoms with van der Waals surface area (Å²) in [7, 11) is 0. The minimum Gasteiger partial charge on any atom is -0.489 e. The summed E-state index contributed by atoms with van der Waals surface area (Å²) in [5.41, 5.74) is 1.45. The van der Waals surface area contributed by atoms with E-state index in [0.29, 0.717) is 31.1 Å². The highest BCUT2D eigenvalue weighted by Gasteiger charge is 2.22. The maximum absolute atomic E-state index is 12.5. The van der Waals surface area contributed by atoms with Gasteiger partial charge in [0.2, 0.25) is 0 Å². The van der Waals surface area contributed by atoms with Crippen LogP contribution in [0, 0.1) is 0 Å². The summed E-state index contributed by atoms with van der Waals surface area (Å²) >= 11 is 0. The molecular formula is C18H25NO4. The van der Waals surface area contributed by atoms with Gasteiger partial charge in [-0.2, -0.15) is 0 Å². The molecule has 126 valence electrons. The second-order valence-corrected chi connectivity index (χ2v) is 5.25. The third kappa shape index (κ3) is 6.65. The molecule has 5 nitrogen and oxygen atoms in total. The minimum atomic E-state index is -0.582. The smallest absolute Gasteiger partial charge is 0.307 e. The van der Waals surface area contributed by atoms with Crippen LogP contribution in [0.2, 0.25) is 0 Å². The molecule has 0 spiro atoms. The number of carbonyl (C=O) groups excluding carboxylic acids is 2. The fraction of sp³-hybridized carbons (Fsp3) is 0.444. The number of likely N-dealkylation sites (N-methyl/N-ethyl adjacent to an activating group) is 1. The average molecular weight is 319 g/mol. The topological polar surface area (TPSA) is 64.6 Å². The lowest BCUT2D eigenvalue weighted by Crippen LogP contribution is -2.39. The van der Waals surface area contributed by atoms with Gasteiger partial charge in [-0.3, -0.25) is 9.59 Å². The van der Waals surface area contributed by atoms with E-state index in [2.05, 4.69) is 11.9 Å². The molecule has 23 heavy (non-hydrogen) atoms. The maximum atomic E-state index is 12.5. The molecule has 0 saturated carbocycles. The summed E-state index contributed by atoms with van der Waals surface area (Å²) in [4.78, 5) is 24.2. The van der Waals surface area contributed by atoms with Crippen molar-refractivity contribution in [2.75, 3.05) is 19.8 Å². The van der Waals surface area contributed by atoms with E-state index >= 15 is 0 Å². The summed E-state index contributed by atoms with van der Waals surface area (Å²) in [6, 6.07) is 6.30. The first kappa shape index (κ1) is 18.9. The van der Waals surface area contributed by atoms with Gasteiger partial charge < -0.3 is 14.8 Å². The van der Waals surface area contributed by atoms with Gasteiger partial charge in [-0.25, -0.2) is 0 Å². The Balaban J connectivity index is 2.75. The first-order valence-electron chi connectivity index (χ1n) is 7.78. The fourth-order valence-electron chi connectivity index (χ4n) is 2.01. The number of Topliss-reactive ketones (excluding diaryl/α,β-unsaturated/α-hetero) is 1. The van der Waals surface area contributed by atoms with Crippen LogP contribution < -0.4 is 10.1 Å². The highest BCUT2D eigenvalue weighted by atomic mass is 16.5. The van der Waals surface area contributed by atoms with Crippen molar-refractivity contribution in [2.24, 2.45) is 0 Å². The Kier molecular flexibility index (Phi) is 8.05. The van der Waals surface area contributed by atoms with Crippen molar-refractivity contribution in [3.63, 3.8) is 0 Å². The van der Waals surface area contributed by atoms with Gasteiger partial charge >= 0.3 is 5.97 Å². The zero-order valence-electron chi connectivity index (χ0n) is 14.1. The Morgan fingerprint density at radius 2 is 1.87 bits per heavy atom. The summed E-state index contributed by atoms with van der Waals surface area (Å²) < 4.78 is 10.4. The van der Waals surface area contributed by atoms with Crippen molar-refractivity contribution in [1.29, 1.82) is 0 Å². The normalized spacial score (nSPS) is 11.6. The molecule has 0 aliphatic carbocycles. The van der Waals surface area contributed by atoms with Crippen LogP contribution in [0.1, 0.15) is 37.6 Å². The van der Waals surface area contributed by atoms with Crippen LogP contribution in [-0.4, -0.2) is 37.6 Å². The molecule has 0 aromatic heterocycles. The zero-order valence-corrected chi connectivity index (χ0v) is 14.1. The van der Waals surface area contributed by atoms with Gasteiger partial charge in [0.25, 0.3) is 0 Å². The van der Waals surface area contributed by atoms with Crippen LogP contribution in [0.25, 0.3) is 0 Å². The van der Waals surface area contributed by atoms with Crippen molar-refractivity contribution in [3.8, 4) is 5.75 Å². The molecule has 0 aliphatic rings. The molecule has 0 saturated heterocycles. The molecule has 5 heteroatoms. The highest BCUT2D eigenvalue weighted by molar-refractivity contribution is 6.01. The monoisotopic (exact) mass is 319 g/mol. The Labute approximate surface area is 137 Å².